The Labute approximate surface area is 136 Å². The van der Waals surface area contributed by atoms with E-state index in [9.17, 15) is 0 Å². The number of anilines is 3. The van der Waals surface area contributed by atoms with Crippen LogP contribution in [0, 0.1) is 3.57 Å². The molecule has 1 aromatic heterocycles. The van der Waals surface area contributed by atoms with Gasteiger partial charge in [0.2, 0.25) is 0 Å². The molecule has 5 heteroatoms. The Balaban J connectivity index is 1.97. The number of nitrogen functional groups attached to an aromatic ring is 1. The topological polar surface area (TPSA) is 63.8 Å². The molecule has 0 aliphatic heterocycles. The van der Waals surface area contributed by atoms with Crippen LogP contribution in [0.2, 0.25) is 0 Å². The van der Waals surface area contributed by atoms with Gasteiger partial charge >= 0.3 is 0 Å². The summed E-state index contributed by atoms with van der Waals surface area (Å²) in [6.07, 6.45) is 0. The van der Waals surface area contributed by atoms with Crippen LogP contribution in [0.25, 0.3) is 11.4 Å². The molecule has 2 aromatic carbocycles. The highest BCUT2D eigenvalue weighted by Crippen LogP contribution is 2.24. The molecule has 0 aliphatic carbocycles. The number of nitrogens with one attached hydrogen (secondary N) is 1. The second-order valence-electron chi connectivity index (χ2n) is 4.47. The van der Waals surface area contributed by atoms with Crippen LogP contribution in [0.4, 0.5) is 17.3 Å². The lowest BCUT2D eigenvalue weighted by atomic mass is 10.2. The fraction of sp³-hybridized carbons (Fsp3) is 0. The third-order valence-electron chi connectivity index (χ3n) is 2.91. The van der Waals surface area contributed by atoms with Crippen molar-refractivity contribution in [3.63, 3.8) is 0 Å². The fourth-order valence-electron chi connectivity index (χ4n) is 1.95. The van der Waals surface area contributed by atoms with E-state index in [1.807, 2.05) is 54.6 Å². The first-order chi connectivity index (χ1) is 10.2. The Morgan fingerprint density at radius 1 is 0.905 bits per heavy atom. The van der Waals surface area contributed by atoms with Crippen molar-refractivity contribution in [1.82, 2.24) is 9.97 Å². The Hall–Kier alpha value is -2.15. The number of para-hydroxylation sites is 1. The average molecular weight is 388 g/mol. The molecule has 0 radical (unpaired) electrons. The van der Waals surface area contributed by atoms with Gasteiger partial charge in [0, 0.05) is 15.2 Å². The lowest BCUT2D eigenvalue weighted by molar-refractivity contribution is 1.18. The van der Waals surface area contributed by atoms with Crippen LogP contribution in [-0.4, -0.2) is 9.97 Å². The van der Waals surface area contributed by atoms with Gasteiger partial charge in [-0.05, 0) is 34.7 Å². The first-order valence-corrected chi connectivity index (χ1v) is 7.52. The lowest BCUT2D eigenvalue weighted by Crippen LogP contribution is -2.01. The number of halogens is 1. The number of hydrogen-bond acceptors (Lipinski definition) is 4. The zero-order valence-electron chi connectivity index (χ0n) is 11.1. The standard InChI is InChI=1S/C16H13IN4/c17-12-8-4-5-9-13(12)19-15-10-14(18)20-16(21-15)11-6-2-1-3-7-11/h1-10H,(H3,18,19,20,21). The van der Waals surface area contributed by atoms with Crippen LogP contribution in [0.3, 0.4) is 0 Å². The van der Waals surface area contributed by atoms with Crippen LogP contribution in [0.15, 0.2) is 60.7 Å². The molecule has 3 aromatic rings. The maximum absolute atomic E-state index is 5.90. The number of nitrogens with zero attached hydrogens (tertiary/aromatic N) is 2. The van der Waals surface area contributed by atoms with Gasteiger partial charge in [-0.25, -0.2) is 9.97 Å². The summed E-state index contributed by atoms with van der Waals surface area (Å²) in [4.78, 5) is 8.83. The summed E-state index contributed by atoms with van der Waals surface area (Å²) < 4.78 is 1.12. The summed E-state index contributed by atoms with van der Waals surface area (Å²) in [6.45, 7) is 0. The van der Waals surface area contributed by atoms with Gasteiger partial charge in [-0.15, -0.1) is 0 Å². The number of nitrogens with two attached hydrogens (primary N) is 1. The van der Waals surface area contributed by atoms with E-state index in [4.69, 9.17) is 5.73 Å². The Kier molecular flexibility index (Phi) is 4.01. The van der Waals surface area contributed by atoms with E-state index in [2.05, 4.69) is 37.9 Å². The van der Waals surface area contributed by atoms with Gasteiger partial charge < -0.3 is 11.1 Å². The average Bonchev–Trinajstić information content (AvgIpc) is 2.50. The smallest absolute Gasteiger partial charge is 0.163 e. The Bertz CT molecular complexity index is 759. The molecule has 0 aliphatic rings. The first kappa shape index (κ1) is 13.8. The maximum Gasteiger partial charge on any atom is 0.163 e. The molecule has 3 rings (SSSR count). The van der Waals surface area contributed by atoms with Crippen molar-refractivity contribution in [3.05, 3.63) is 64.2 Å². The van der Waals surface area contributed by atoms with Crippen molar-refractivity contribution in [3.8, 4) is 11.4 Å². The molecule has 4 nitrogen and oxygen atoms in total. The number of rotatable bonds is 3. The maximum atomic E-state index is 5.90. The van der Waals surface area contributed by atoms with Gasteiger partial charge in [-0.1, -0.05) is 42.5 Å². The highest BCUT2D eigenvalue weighted by molar-refractivity contribution is 14.1. The van der Waals surface area contributed by atoms with Crippen molar-refractivity contribution in [2.24, 2.45) is 0 Å². The van der Waals surface area contributed by atoms with Crippen molar-refractivity contribution in [2.75, 3.05) is 11.1 Å². The van der Waals surface area contributed by atoms with E-state index in [0.717, 1.165) is 14.8 Å². The Morgan fingerprint density at radius 2 is 1.62 bits per heavy atom. The fourth-order valence-corrected chi connectivity index (χ4v) is 2.47. The highest BCUT2D eigenvalue weighted by Gasteiger charge is 2.06. The molecule has 0 spiro atoms. The SMILES string of the molecule is Nc1cc(Nc2ccccc2I)nc(-c2ccccc2)n1. The summed E-state index contributed by atoms with van der Waals surface area (Å²) in [7, 11) is 0. The summed E-state index contributed by atoms with van der Waals surface area (Å²) >= 11 is 2.28. The van der Waals surface area contributed by atoms with E-state index in [1.165, 1.54) is 0 Å². The van der Waals surface area contributed by atoms with Gasteiger partial charge in [0.25, 0.3) is 0 Å². The second-order valence-corrected chi connectivity index (χ2v) is 5.63. The predicted octanol–water partition coefficient (Wildman–Crippen LogP) is 4.07. The summed E-state index contributed by atoms with van der Waals surface area (Å²) in [5, 5.41) is 3.28. The molecule has 3 N–H and O–H groups in total. The van der Waals surface area contributed by atoms with E-state index in [1.54, 1.807) is 6.07 Å². The molecule has 0 saturated heterocycles. The van der Waals surface area contributed by atoms with Crippen molar-refractivity contribution in [1.29, 1.82) is 0 Å². The number of aromatic nitrogens is 2. The first-order valence-electron chi connectivity index (χ1n) is 6.44. The minimum atomic E-state index is 0.442. The van der Waals surface area contributed by atoms with Crippen LogP contribution < -0.4 is 11.1 Å². The van der Waals surface area contributed by atoms with Crippen LogP contribution in [0.5, 0.6) is 0 Å². The van der Waals surface area contributed by atoms with Crippen molar-refractivity contribution < 1.29 is 0 Å². The largest absolute Gasteiger partial charge is 0.384 e. The summed E-state index contributed by atoms with van der Waals surface area (Å²) in [6, 6.07) is 19.5. The summed E-state index contributed by atoms with van der Waals surface area (Å²) in [5.41, 5.74) is 7.83. The van der Waals surface area contributed by atoms with E-state index < -0.39 is 0 Å². The molecular formula is C16H13IN4. The molecular weight excluding hydrogens is 375 g/mol. The van der Waals surface area contributed by atoms with Crippen molar-refractivity contribution in [2.45, 2.75) is 0 Å². The second kappa shape index (κ2) is 6.09. The predicted molar refractivity (Wildman–Crippen MR) is 94.3 cm³/mol. The quantitative estimate of drug-likeness (QED) is 0.664. The molecule has 0 amide bonds. The molecule has 0 unspecified atom stereocenters. The molecule has 0 fully saturated rings. The van der Waals surface area contributed by atoms with Crippen LogP contribution in [-0.2, 0) is 0 Å². The zero-order chi connectivity index (χ0) is 14.7. The highest BCUT2D eigenvalue weighted by atomic mass is 127. The lowest BCUT2D eigenvalue weighted by Gasteiger charge is -2.10. The zero-order valence-corrected chi connectivity index (χ0v) is 13.3. The van der Waals surface area contributed by atoms with Crippen LogP contribution in [0.1, 0.15) is 0 Å². The monoisotopic (exact) mass is 388 g/mol. The molecule has 104 valence electrons. The molecule has 0 atom stereocenters. The number of hydrogen-bond donors (Lipinski definition) is 2. The van der Waals surface area contributed by atoms with Crippen molar-refractivity contribution >= 4 is 39.9 Å². The van der Waals surface area contributed by atoms with E-state index in [0.29, 0.717) is 17.5 Å². The normalized spacial score (nSPS) is 10.3. The van der Waals surface area contributed by atoms with Crippen LogP contribution >= 0.6 is 22.6 Å². The summed E-state index contributed by atoms with van der Waals surface area (Å²) in [5.74, 6) is 1.74. The minimum Gasteiger partial charge on any atom is -0.384 e. The Morgan fingerprint density at radius 3 is 2.38 bits per heavy atom. The van der Waals surface area contributed by atoms with E-state index in [-0.39, 0.29) is 0 Å². The van der Waals surface area contributed by atoms with Gasteiger partial charge in [0.15, 0.2) is 5.82 Å². The molecule has 0 bridgehead atoms. The third kappa shape index (κ3) is 3.30. The molecule has 21 heavy (non-hydrogen) atoms. The van der Waals surface area contributed by atoms with Gasteiger partial charge in [-0.2, -0.15) is 0 Å². The van der Waals surface area contributed by atoms with E-state index >= 15 is 0 Å². The van der Waals surface area contributed by atoms with Gasteiger partial charge in [0.1, 0.15) is 11.6 Å². The number of benzene rings is 2. The van der Waals surface area contributed by atoms with Gasteiger partial charge in [-0.3, -0.25) is 0 Å². The minimum absolute atomic E-state index is 0.442. The molecule has 1 heterocycles. The third-order valence-corrected chi connectivity index (χ3v) is 3.86. The molecule has 0 saturated carbocycles. The van der Waals surface area contributed by atoms with Gasteiger partial charge in [0.05, 0.1) is 5.69 Å².